The minimum absolute atomic E-state index is 0.108. The first-order chi connectivity index (χ1) is 8.74. The Morgan fingerprint density at radius 1 is 1.56 bits per heavy atom. The van der Waals surface area contributed by atoms with E-state index in [0.29, 0.717) is 12.5 Å². The Balaban J connectivity index is 1.96. The highest BCUT2D eigenvalue weighted by molar-refractivity contribution is 5.45. The first-order valence-electron chi connectivity index (χ1n) is 6.40. The number of rotatable bonds is 3. The molecule has 1 fully saturated rings. The molecule has 0 aliphatic carbocycles. The van der Waals surface area contributed by atoms with E-state index in [-0.39, 0.29) is 12.2 Å². The Labute approximate surface area is 106 Å². The summed E-state index contributed by atoms with van der Waals surface area (Å²) < 4.78 is 23.7. The fraction of sp³-hybridized carbons (Fsp3) is 0.571. The summed E-state index contributed by atoms with van der Waals surface area (Å²) in [5.41, 5.74) is 2.24. The molecular weight excluding hydrogens is 233 g/mol. The van der Waals surface area contributed by atoms with E-state index in [4.69, 9.17) is 9.47 Å². The van der Waals surface area contributed by atoms with Gasteiger partial charge < -0.3 is 14.8 Å². The molecule has 0 radical (unpaired) electrons. The first-order valence-corrected chi connectivity index (χ1v) is 6.40. The summed E-state index contributed by atoms with van der Waals surface area (Å²) >= 11 is 0. The van der Waals surface area contributed by atoms with Crippen molar-refractivity contribution in [2.45, 2.75) is 25.0 Å². The predicted molar refractivity (Wildman–Crippen MR) is 66.7 cm³/mol. The maximum Gasteiger partial charge on any atom is 0.125 e. The monoisotopic (exact) mass is 251 g/mol. The van der Waals surface area contributed by atoms with Crippen molar-refractivity contribution in [3.05, 3.63) is 29.3 Å². The van der Waals surface area contributed by atoms with Crippen LogP contribution in [0.4, 0.5) is 4.39 Å². The molecule has 18 heavy (non-hydrogen) atoms. The molecule has 98 valence electrons. The van der Waals surface area contributed by atoms with Gasteiger partial charge in [0.05, 0.1) is 12.2 Å². The van der Waals surface area contributed by atoms with Gasteiger partial charge in [-0.1, -0.05) is 12.1 Å². The molecule has 2 aliphatic heterocycles. The number of nitrogens with one attached hydrogen (secondary N) is 1. The number of alkyl halides is 1. The highest BCUT2D eigenvalue weighted by atomic mass is 19.1. The molecule has 3 rings (SSSR count). The predicted octanol–water partition coefficient (Wildman–Crippen LogP) is 2.01. The molecule has 0 aromatic heterocycles. The van der Waals surface area contributed by atoms with Crippen molar-refractivity contribution in [3.8, 4) is 5.75 Å². The zero-order chi connectivity index (χ0) is 12.6. The molecule has 4 heteroatoms. The lowest BCUT2D eigenvalue weighted by Gasteiger charge is -2.37. The molecule has 0 bridgehead atoms. The quantitative estimate of drug-likeness (QED) is 0.891. The Bertz CT molecular complexity index is 451. The summed E-state index contributed by atoms with van der Waals surface area (Å²) in [6, 6.07) is 6.01. The van der Waals surface area contributed by atoms with Crippen LogP contribution in [0.2, 0.25) is 0 Å². The van der Waals surface area contributed by atoms with Gasteiger partial charge in [-0.05, 0) is 18.6 Å². The van der Waals surface area contributed by atoms with Gasteiger partial charge >= 0.3 is 0 Å². The van der Waals surface area contributed by atoms with Crippen LogP contribution in [0.3, 0.4) is 0 Å². The minimum atomic E-state index is -0.465. The van der Waals surface area contributed by atoms with E-state index in [9.17, 15) is 4.39 Å². The van der Waals surface area contributed by atoms with Gasteiger partial charge in [-0.2, -0.15) is 0 Å². The lowest BCUT2D eigenvalue weighted by molar-refractivity contribution is -0.0527. The molecule has 2 atom stereocenters. The normalized spacial score (nSPS) is 29.8. The second kappa shape index (κ2) is 4.52. The van der Waals surface area contributed by atoms with E-state index in [0.717, 1.165) is 24.4 Å². The summed E-state index contributed by atoms with van der Waals surface area (Å²) in [6.07, 6.45) is 0. The van der Waals surface area contributed by atoms with E-state index in [1.54, 1.807) is 0 Å². The van der Waals surface area contributed by atoms with E-state index in [1.807, 2.05) is 12.1 Å². The zero-order valence-corrected chi connectivity index (χ0v) is 10.5. The Morgan fingerprint density at radius 2 is 2.44 bits per heavy atom. The summed E-state index contributed by atoms with van der Waals surface area (Å²) in [4.78, 5) is 0. The number of benzene rings is 1. The number of fused-ring (bicyclic) bond motifs is 3. The van der Waals surface area contributed by atoms with Crippen molar-refractivity contribution in [2.75, 3.05) is 26.4 Å². The maximum atomic E-state index is 12.2. The summed E-state index contributed by atoms with van der Waals surface area (Å²) in [7, 11) is 0. The largest absolute Gasteiger partial charge is 0.490 e. The lowest BCUT2D eigenvalue weighted by atomic mass is 9.81. The Morgan fingerprint density at radius 3 is 3.28 bits per heavy atom. The highest BCUT2D eigenvalue weighted by Gasteiger charge is 2.45. The molecule has 0 saturated carbocycles. The molecule has 0 amide bonds. The van der Waals surface area contributed by atoms with Crippen LogP contribution in [-0.4, -0.2) is 32.0 Å². The summed E-state index contributed by atoms with van der Waals surface area (Å²) in [6.45, 7) is 4.15. The van der Waals surface area contributed by atoms with Crippen molar-refractivity contribution in [1.29, 1.82) is 0 Å². The van der Waals surface area contributed by atoms with E-state index < -0.39 is 6.67 Å². The molecule has 1 aromatic carbocycles. The number of hydrogen-bond acceptors (Lipinski definition) is 3. The van der Waals surface area contributed by atoms with Crippen LogP contribution in [-0.2, 0) is 11.3 Å². The Hall–Kier alpha value is -1.13. The smallest absolute Gasteiger partial charge is 0.125 e. The van der Waals surface area contributed by atoms with Crippen molar-refractivity contribution in [2.24, 2.45) is 0 Å². The molecule has 1 saturated heterocycles. The van der Waals surface area contributed by atoms with Crippen molar-refractivity contribution >= 4 is 0 Å². The fourth-order valence-electron chi connectivity index (χ4n) is 2.98. The van der Waals surface area contributed by atoms with Crippen LogP contribution in [0.5, 0.6) is 5.75 Å². The van der Waals surface area contributed by atoms with Crippen molar-refractivity contribution in [1.82, 2.24) is 5.32 Å². The topological polar surface area (TPSA) is 30.5 Å². The average Bonchev–Trinajstić information content (AvgIpc) is 2.78. The summed E-state index contributed by atoms with van der Waals surface area (Å²) in [5.74, 6) is 1.12. The fourth-order valence-corrected chi connectivity index (χ4v) is 2.98. The molecule has 1 aromatic rings. The molecule has 0 unspecified atom stereocenters. The third kappa shape index (κ3) is 1.80. The van der Waals surface area contributed by atoms with Crippen LogP contribution in [0.25, 0.3) is 0 Å². The molecule has 3 nitrogen and oxygen atoms in total. The van der Waals surface area contributed by atoms with Gasteiger partial charge in [0.25, 0.3) is 0 Å². The van der Waals surface area contributed by atoms with E-state index in [1.165, 1.54) is 5.56 Å². The second-order valence-corrected chi connectivity index (χ2v) is 5.15. The molecule has 2 aliphatic rings. The first kappa shape index (κ1) is 11.9. The van der Waals surface area contributed by atoms with Gasteiger partial charge in [0, 0.05) is 24.6 Å². The standard InChI is InChI=1S/C14H18FNO2/c1-14-9-16-7-12(14)10-3-2-4-13(17-6-5-15)11(10)8-18-14/h2-4,12,16H,5-9H2,1H3/t12-,14-/m1/s1. The number of halogens is 1. The zero-order valence-electron chi connectivity index (χ0n) is 10.5. The van der Waals surface area contributed by atoms with Gasteiger partial charge in [-0.15, -0.1) is 0 Å². The van der Waals surface area contributed by atoms with Gasteiger partial charge in [-0.3, -0.25) is 0 Å². The number of hydrogen-bond donors (Lipinski definition) is 1. The molecule has 0 spiro atoms. The average molecular weight is 251 g/mol. The Kier molecular flexibility index (Phi) is 2.99. The summed E-state index contributed by atoms with van der Waals surface area (Å²) in [5, 5.41) is 3.38. The number of ether oxygens (including phenoxy) is 2. The minimum Gasteiger partial charge on any atom is -0.490 e. The van der Waals surface area contributed by atoms with Gasteiger partial charge in [-0.25, -0.2) is 4.39 Å². The van der Waals surface area contributed by atoms with Gasteiger partial charge in [0.2, 0.25) is 0 Å². The van der Waals surface area contributed by atoms with E-state index >= 15 is 0 Å². The molecular formula is C14H18FNO2. The van der Waals surface area contributed by atoms with Crippen LogP contribution >= 0.6 is 0 Å². The maximum absolute atomic E-state index is 12.2. The van der Waals surface area contributed by atoms with Crippen LogP contribution in [0.15, 0.2) is 18.2 Å². The van der Waals surface area contributed by atoms with Gasteiger partial charge in [0.15, 0.2) is 0 Å². The third-order valence-electron chi connectivity index (χ3n) is 3.99. The van der Waals surface area contributed by atoms with Crippen molar-refractivity contribution in [3.63, 3.8) is 0 Å². The SMILES string of the molecule is C[C@@]12CNC[C@@H]1c1cccc(OCCF)c1CO2. The second-order valence-electron chi connectivity index (χ2n) is 5.15. The van der Waals surface area contributed by atoms with Gasteiger partial charge in [0.1, 0.15) is 19.0 Å². The van der Waals surface area contributed by atoms with E-state index in [2.05, 4.69) is 18.3 Å². The highest BCUT2D eigenvalue weighted by Crippen LogP contribution is 2.43. The van der Waals surface area contributed by atoms with Crippen LogP contribution in [0.1, 0.15) is 24.0 Å². The van der Waals surface area contributed by atoms with Crippen LogP contribution in [0, 0.1) is 0 Å². The molecule has 2 heterocycles. The van der Waals surface area contributed by atoms with Crippen molar-refractivity contribution < 1.29 is 13.9 Å². The van der Waals surface area contributed by atoms with Crippen LogP contribution < -0.4 is 10.1 Å². The third-order valence-corrected chi connectivity index (χ3v) is 3.99. The molecule has 1 N–H and O–H groups in total. The lowest BCUT2D eigenvalue weighted by Crippen LogP contribution is -2.39.